The molecule has 6 heteroatoms. The van der Waals surface area contributed by atoms with Crippen LogP contribution >= 0.6 is 0 Å². The van der Waals surface area contributed by atoms with Crippen LogP contribution in [0.4, 0.5) is 0 Å². The summed E-state index contributed by atoms with van der Waals surface area (Å²) in [7, 11) is 0. The monoisotopic (exact) mass is 269 g/mol. The molecule has 0 aromatic heterocycles. The van der Waals surface area contributed by atoms with E-state index in [1.54, 1.807) is 0 Å². The Labute approximate surface area is 111 Å². The molecule has 0 bridgehead atoms. The molecule has 6 nitrogen and oxygen atoms in total. The summed E-state index contributed by atoms with van der Waals surface area (Å²) in [6, 6.07) is 0. The minimum Gasteiger partial charge on any atom is -0.479 e. The Morgan fingerprint density at radius 3 is 2.42 bits per heavy atom. The number of imide groups is 1. The van der Waals surface area contributed by atoms with Crippen LogP contribution in [0.25, 0.3) is 0 Å². The molecule has 1 saturated heterocycles. The molecule has 0 aromatic carbocycles. The van der Waals surface area contributed by atoms with Crippen molar-refractivity contribution in [3.63, 3.8) is 0 Å². The number of hydrogen-bond acceptors (Lipinski definition) is 4. The van der Waals surface area contributed by atoms with Crippen molar-refractivity contribution in [1.29, 1.82) is 0 Å². The van der Waals surface area contributed by atoms with Crippen molar-refractivity contribution in [3.05, 3.63) is 0 Å². The lowest BCUT2D eigenvalue weighted by Crippen LogP contribution is -2.49. The lowest BCUT2D eigenvalue weighted by atomic mass is 9.73. The van der Waals surface area contributed by atoms with E-state index in [0.717, 1.165) is 31.1 Å². The molecule has 19 heavy (non-hydrogen) atoms. The predicted molar refractivity (Wildman–Crippen MR) is 65.1 cm³/mol. The lowest BCUT2D eigenvalue weighted by Gasteiger charge is -2.31. The number of hydrogen-bond donors (Lipinski definition) is 2. The number of nitrogens with zero attached hydrogens (tertiary/aromatic N) is 1. The fraction of sp³-hybridized carbons (Fsp3) is 0.769. The summed E-state index contributed by atoms with van der Waals surface area (Å²) in [6.07, 6.45) is 4.43. The van der Waals surface area contributed by atoms with Gasteiger partial charge in [0.05, 0.1) is 12.0 Å². The quantitative estimate of drug-likeness (QED) is 0.729. The summed E-state index contributed by atoms with van der Waals surface area (Å²) in [4.78, 5) is 36.2. The highest BCUT2D eigenvalue weighted by Gasteiger charge is 2.53. The molecule has 1 unspecified atom stereocenters. The summed E-state index contributed by atoms with van der Waals surface area (Å²) < 4.78 is 0. The molecule has 1 aliphatic heterocycles. The van der Waals surface area contributed by atoms with Gasteiger partial charge in [0.2, 0.25) is 11.8 Å². The zero-order valence-corrected chi connectivity index (χ0v) is 11.0. The van der Waals surface area contributed by atoms with Crippen LogP contribution in [0.2, 0.25) is 0 Å². The average molecular weight is 269 g/mol. The molecule has 2 fully saturated rings. The largest absolute Gasteiger partial charge is 0.479 e. The summed E-state index contributed by atoms with van der Waals surface area (Å²) >= 11 is 0. The smallest absolute Gasteiger partial charge is 0.337 e. The minimum absolute atomic E-state index is 0.154. The number of aliphatic carboxylic acids is 1. The normalized spacial score (nSPS) is 25.7. The SMILES string of the molecule is CC(O)(CN1C(=O)CC2(CCCCC2)C1=O)C(=O)O. The van der Waals surface area contributed by atoms with Crippen LogP contribution in [-0.2, 0) is 14.4 Å². The Balaban J connectivity index is 2.17. The maximum Gasteiger partial charge on any atom is 0.337 e. The van der Waals surface area contributed by atoms with Gasteiger partial charge < -0.3 is 10.2 Å². The van der Waals surface area contributed by atoms with Gasteiger partial charge in [-0.05, 0) is 19.8 Å². The number of likely N-dealkylation sites (tertiary alicyclic amines) is 1. The summed E-state index contributed by atoms with van der Waals surface area (Å²) in [5.41, 5.74) is -2.73. The van der Waals surface area contributed by atoms with Crippen LogP contribution in [-0.4, -0.2) is 45.0 Å². The Morgan fingerprint density at radius 1 is 1.32 bits per heavy atom. The molecule has 0 radical (unpaired) electrons. The van der Waals surface area contributed by atoms with Gasteiger partial charge in [-0.25, -0.2) is 4.79 Å². The van der Waals surface area contributed by atoms with Gasteiger partial charge >= 0.3 is 5.97 Å². The molecule has 2 rings (SSSR count). The standard InChI is InChI=1S/C13H19NO5/c1-12(19,11(17)18)8-14-9(15)7-13(10(14)16)5-3-2-4-6-13/h19H,2-8H2,1H3,(H,17,18). The highest BCUT2D eigenvalue weighted by atomic mass is 16.4. The van der Waals surface area contributed by atoms with E-state index in [-0.39, 0.29) is 18.2 Å². The Kier molecular flexibility index (Phi) is 3.38. The second kappa shape index (κ2) is 4.59. The summed E-state index contributed by atoms with van der Waals surface area (Å²) in [6.45, 7) is 0.628. The van der Waals surface area contributed by atoms with E-state index < -0.39 is 23.5 Å². The molecule has 1 spiro atoms. The highest BCUT2D eigenvalue weighted by molar-refractivity contribution is 6.06. The van der Waals surface area contributed by atoms with Gasteiger partial charge in [0.25, 0.3) is 0 Å². The van der Waals surface area contributed by atoms with Gasteiger partial charge in [-0.1, -0.05) is 19.3 Å². The van der Waals surface area contributed by atoms with Crippen LogP contribution in [0.1, 0.15) is 45.4 Å². The zero-order chi connectivity index (χ0) is 14.3. The van der Waals surface area contributed by atoms with E-state index in [0.29, 0.717) is 12.8 Å². The van der Waals surface area contributed by atoms with E-state index in [2.05, 4.69) is 0 Å². The van der Waals surface area contributed by atoms with Gasteiger partial charge in [-0.2, -0.15) is 0 Å². The fourth-order valence-electron chi connectivity index (χ4n) is 3.01. The molecule has 2 aliphatic rings. The van der Waals surface area contributed by atoms with Gasteiger partial charge in [0.1, 0.15) is 0 Å². The van der Waals surface area contributed by atoms with Gasteiger partial charge in [-0.3, -0.25) is 14.5 Å². The van der Waals surface area contributed by atoms with Crippen LogP contribution in [0.3, 0.4) is 0 Å². The first kappa shape index (κ1) is 14.0. The molecule has 1 aliphatic carbocycles. The number of carboxylic acids is 1. The van der Waals surface area contributed by atoms with E-state index in [9.17, 15) is 19.5 Å². The average Bonchev–Trinajstić information content (AvgIpc) is 2.55. The molecule has 2 N–H and O–H groups in total. The van der Waals surface area contributed by atoms with E-state index in [1.807, 2.05) is 0 Å². The number of carbonyl (C=O) groups excluding carboxylic acids is 2. The first-order valence-electron chi connectivity index (χ1n) is 6.59. The number of amides is 2. The minimum atomic E-state index is -2.09. The molecular formula is C13H19NO5. The third-order valence-corrected chi connectivity index (χ3v) is 4.23. The Hall–Kier alpha value is -1.43. The number of β-amino-alcohol motifs (C(OH)–C–C–N with tert-alkyl or cyclic N) is 1. The third-order valence-electron chi connectivity index (χ3n) is 4.23. The van der Waals surface area contributed by atoms with Gasteiger partial charge in [-0.15, -0.1) is 0 Å². The van der Waals surface area contributed by atoms with Crippen molar-refractivity contribution in [1.82, 2.24) is 4.90 Å². The molecule has 1 atom stereocenters. The van der Waals surface area contributed by atoms with E-state index in [1.165, 1.54) is 0 Å². The predicted octanol–water partition coefficient (Wildman–Crippen LogP) is 0.531. The maximum atomic E-state index is 12.4. The summed E-state index contributed by atoms with van der Waals surface area (Å²) in [5, 5.41) is 18.6. The fourth-order valence-corrected chi connectivity index (χ4v) is 3.01. The highest BCUT2D eigenvalue weighted by Crippen LogP contribution is 2.45. The third kappa shape index (κ3) is 2.36. The molecular weight excluding hydrogens is 250 g/mol. The maximum absolute atomic E-state index is 12.4. The molecule has 1 saturated carbocycles. The van der Waals surface area contributed by atoms with E-state index in [4.69, 9.17) is 5.11 Å². The number of aliphatic hydroxyl groups is 1. The summed E-state index contributed by atoms with van der Waals surface area (Å²) in [5.74, 6) is -2.11. The van der Waals surface area contributed by atoms with Crippen LogP contribution in [0.15, 0.2) is 0 Å². The van der Waals surface area contributed by atoms with Crippen molar-refractivity contribution in [2.75, 3.05) is 6.54 Å². The number of carbonyl (C=O) groups is 3. The van der Waals surface area contributed by atoms with Crippen molar-refractivity contribution in [2.24, 2.45) is 5.41 Å². The van der Waals surface area contributed by atoms with Crippen LogP contribution in [0.5, 0.6) is 0 Å². The first-order chi connectivity index (χ1) is 8.78. The zero-order valence-electron chi connectivity index (χ0n) is 11.0. The van der Waals surface area contributed by atoms with Crippen molar-refractivity contribution in [3.8, 4) is 0 Å². The van der Waals surface area contributed by atoms with Gasteiger partial charge in [0, 0.05) is 6.42 Å². The molecule has 106 valence electrons. The van der Waals surface area contributed by atoms with Crippen LogP contribution < -0.4 is 0 Å². The van der Waals surface area contributed by atoms with Crippen molar-refractivity contribution in [2.45, 2.75) is 51.0 Å². The molecule has 0 aromatic rings. The molecule has 2 amide bonds. The molecule has 1 heterocycles. The van der Waals surface area contributed by atoms with Gasteiger partial charge in [0.15, 0.2) is 5.60 Å². The van der Waals surface area contributed by atoms with Crippen molar-refractivity contribution < 1.29 is 24.6 Å². The van der Waals surface area contributed by atoms with Crippen LogP contribution in [0, 0.1) is 5.41 Å². The van der Waals surface area contributed by atoms with Crippen molar-refractivity contribution >= 4 is 17.8 Å². The Morgan fingerprint density at radius 2 is 1.89 bits per heavy atom. The second-order valence-electron chi connectivity index (χ2n) is 5.88. The second-order valence-corrected chi connectivity index (χ2v) is 5.88. The Bertz CT molecular complexity index is 423. The number of carboxylic acid groups (broad SMARTS) is 1. The topological polar surface area (TPSA) is 94.9 Å². The van der Waals surface area contributed by atoms with E-state index >= 15 is 0 Å². The number of rotatable bonds is 3. The lowest BCUT2D eigenvalue weighted by molar-refractivity contribution is -0.161. The first-order valence-corrected chi connectivity index (χ1v) is 6.59.